The lowest BCUT2D eigenvalue weighted by atomic mass is 10.2. The first-order chi connectivity index (χ1) is 15.6. The Balaban J connectivity index is 1.73. The van der Waals surface area contributed by atoms with E-state index >= 15 is 0 Å². The SMILES string of the molecule is CN(C)c1ccc(CN(CCCn2ccnc2)C(=S)Nc2ccc(C(F)(F)F)cc2Cl)cc1. The molecule has 0 radical (unpaired) electrons. The number of aryl methyl sites for hydroxylation is 1. The van der Waals surface area contributed by atoms with E-state index in [2.05, 4.69) is 10.3 Å². The minimum absolute atomic E-state index is 0.0409. The third-order valence-electron chi connectivity index (χ3n) is 5.05. The molecule has 33 heavy (non-hydrogen) atoms. The van der Waals surface area contributed by atoms with Crippen LogP contribution in [0.4, 0.5) is 24.5 Å². The monoisotopic (exact) mass is 495 g/mol. The van der Waals surface area contributed by atoms with E-state index < -0.39 is 11.7 Å². The van der Waals surface area contributed by atoms with Crippen LogP contribution in [0.2, 0.25) is 5.02 Å². The highest BCUT2D eigenvalue weighted by molar-refractivity contribution is 7.80. The van der Waals surface area contributed by atoms with E-state index in [1.165, 1.54) is 6.07 Å². The molecule has 1 heterocycles. The van der Waals surface area contributed by atoms with Crippen LogP contribution in [0, 0.1) is 0 Å². The molecule has 0 bridgehead atoms. The molecular formula is C23H25ClF3N5S. The largest absolute Gasteiger partial charge is 0.416 e. The molecule has 176 valence electrons. The summed E-state index contributed by atoms with van der Waals surface area (Å²) >= 11 is 11.7. The number of hydrogen-bond acceptors (Lipinski definition) is 3. The minimum Gasteiger partial charge on any atom is -0.378 e. The van der Waals surface area contributed by atoms with Crippen LogP contribution in [-0.4, -0.2) is 40.2 Å². The van der Waals surface area contributed by atoms with Gasteiger partial charge in [-0.05, 0) is 54.5 Å². The Morgan fingerprint density at radius 1 is 1.15 bits per heavy atom. The summed E-state index contributed by atoms with van der Waals surface area (Å²) in [6.07, 6.45) is 1.71. The third-order valence-corrected chi connectivity index (χ3v) is 5.73. The lowest BCUT2D eigenvalue weighted by Crippen LogP contribution is -2.35. The second-order valence-corrected chi connectivity index (χ2v) is 8.55. The average Bonchev–Trinajstić information content (AvgIpc) is 3.27. The van der Waals surface area contributed by atoms with E-state index in [0.717, 1.165) is 36.3 Å². The van der Waals surface area contributed by atoms with Crippen LogP contribution in [-0.2, 0) is 19.3 Å². The smallest absolute Gasteiger partial charge is 0.378 e. The van der Waals surface area contributed by atoms with Gasteiger partial charge in [0, 0.05) is 51.8 Å². The molecule has 0 unspecified atom stereocenters. The van der Waals surface area contributed by atoms with Crippen molar-refractivity contribution in [2.45, 2.75) is 25.7 Å². The highest BCUT2D eigenvalue weighted by Gasteiger charge is 2.31. The van der Waals surface area contributed by atoms with E-state index in [-0.39, 0.29) is 5.02 Å². The molecule has 0 aliphatic rings. The molecule has 2 aromatic carbocycles. The van der Waals surface area contributed by atoms with Crippen molar-refractivity contribution in [3.05, 3.63) is 77.3 Å². The summed E-state index contributed by atoms with van der Waals surface area (Å²) < 4.78 is 40.8. The number of rotatable bonds is 8. The van der Waals surface area contributed by atoms with Crippen LogP contribution in [0.15, 0.2) is 61.2 Å². The van der Waals surface area contributed by atoms with E-state index in [0.29, 0.717) is 23.9 Å². The molecule has 0 amide bonds. The summed E-state index contributed by atoms with van der Waals surface area (Å²) in [4.78, 5) is 8.04. The number of nitrogens with one attached hydrogen (secondary N) is 1. The lowest BCUT2D eigenvalue weighted by Gasteiger charge is -2.27. The van der Waals surface area contributed by atoms with Gasteiger partial charge in [0.25, 0.3) is 0 Å². The molecule has 0 saturated carbocycles. The Bertz CT molecular complexity index is 1050. The van der Waals surface area contributed by atoms with E-state index in [4.69, 9.17) is 23.8 Å². The Labute approximate surface area is 201 Å². The number of benzene rings is 2. The maximum Gasteiger partial charge on any atom is 0.416 e. The number of hydrogen-bond donors (Lipinski definition) is 1. The Hall–Kier alpha value is -2.78. The van der Waals surface area contributed by atoms with Gasteiger partial charge < -0.3 is 19.7 Å². The van der Waals surface area contributed by atoms with Crippen molar-refractivity contribution >= 4 is 40.3 Å². The van der Waals surface area contributed by atoms with Gasteiger partial charge in [-0.2, -0.15) is 13.2 Å². The number of thiocarbonyl (C=S) groups is 1. The van der Waals surface area contributed by atoms with Crippen LogP contribution < -0.4 is 10.2 Å². The normalized spacial score (nSPS) is 11.3. The molecule has 0 saturated heterocycles. The molecule has 10 heteroatoms. The van der Waals surface area contributed by atoms with Crippen molar-refractivity contribution in [2.24, 2.45) is 0 Å². The Morgan fingerprint density at radius 2 is 1.88 bits per heavy atom. The van der Waals surface area contributed by atoms with Gasteiger partial charge in [0.15, 0.2) is 5.11 Å². The molecule has 0 spiro atoms. The van der Waals surface area contributed by atoms with Crippen molar-refractivity contribution in [3.63, 3.8) is 0 Å². The van der Waals surface area contributed by atoms with Gasteiger partial charge in [-0.3, -0.25) is 0 Å². The van der Waals surface area contributed by atoms with Crippen molar-refractivity contribution in [2.75, 3.05) is 30.9 Å². The van der Waals surface area contributed by atoms with Gasteiger partial charge in [0.05, 0.1) is 22.6 Å². The molecule has 0 aliphatic carbocycles. The van der Waals surface area contributed by atoms with Crippen LogP contribution >= 0.6 is 23.8 Å². The Morgan fingerprint density at radius 3 is 2.45 bits per heavy atom. The molecule has 5 nitrogen and oxygen atoms in total. The molecular weight excluding hydrogens is 471 g/mol. The van der Waals surface area contributed by atoms with E-state index in [9.17, 15) is 13.2 Å². The molecule has 0 atom stereocenters. The van der Waals surface area contributed by atoms with Gasteiger partial charge in [0.1, 0.15) is 0 Å². The quantitative estimate of drug-likeness (QED) is 0.393. The number of imidazole rings is 1. The summed E-state index contributed by atoms with van der Waals surface area (Å²) in [5, 5.41) is 3.36. The highest BCUT2D eigenvalue weighted by Crippen LogP contribution is 2.34. The van der Waals surface area contributed by atoms with E-state index in [1.807, 2.05) is 58.9 Å². The minimum atomic E-state index is -4.46. The predicted molar refractivity (Wildman–Crippen MR) is 131 cm³/mol. The Kier molecular flexibility index (Phi) is 8.20. The second kappa shape index (κ2) is 10.9. The maximum atomic E-state index is 12.9. The van der Waals surface area contributed by atoms with Crippen LogP contribution in [0.1, 0.15) is 17.5 Å². The van der Waals surface area contributed by atoms with Crippen molar-refractivity contribution in [1.29, 1.82) is 0 Å². The molecule has 3 aromatic rings. The summed E-state index contributed by atoms with van der Waals surface area (Å²) in [7, 11) is 3.95. The number of halogens is 4. The molecule has 1 aromatic heterocycles. The van der Waals surface area contributed by atoms with Gasteiger partial charge in [-0.1, -0.05) is 23.7 Å². The zero-order valence-electron chi connectivity index (χ0n) is 18.3. The molecule has 1 N–H and O–H groups in total. The van der Waals surface area contributed by atoms with Gasteiger partial charge >= 0.3 is 6.18 Å². The number of anilines is 2. The first-order valence-corrected chi connectivity index (χ1v) is 11.1. The standard InChI is InChI=1S/C23H25ClF3N5S/c1-30(2)19-7-4-17(5-8-19)15-32(12-3-11-31-13-10-28-16-31)22(33)29-21-9-6-18(14-20(21)24)23(25,26)27/h4-10,13-14,16H,3,11-12,15H2,1-2H3,(H,29,33). The average molecular weight is 496 g/mol. The first kappa shape index (κ1) is 24.9. The van der Waals surface area contributed by atoms with Gasteiger partial charge in [0.2, 0.25) is 0 Å². The van der Waals surface area contributed by atoms with Gasteiger partial charge in [-0.15, -0.1) is 0 Å². The van der Waals surface area contributed by atoms with Crippen LogP contribution in [0.5, 0.6) is 0 Å². The maximum absolute atomic E-state index is 12.9. The first-order valence-electron chi connectivity index (χ1n) is 10.3. The molecule has 0 aliphatic heterocycles. The highest BCUT2D eigenvalue weighted by atomic mass is 35.5. The second-order valence-electron chi connectivity index (χ2n) is 7.76. The fourth-order valence-corrected chi connectivity index (χ4v) is 3.72. The summed E-state index contributed by atoms with van der Waals surface area (Å²) in [5.41, 5.74) is 1.67. The van der Waals surface area contributed by atoms with Crippen molar-refractivity contribution in [3.8, 4) is 0 Å². The summed E-state index contributed by atoms with van der Waals surface area (Å²) in [6.45, 7) is 1.94. The summed E-state index contributed by atoms with van der Waals surface area (Å²) in [5.74, 6) is 0. The lowest BCUT2D eigenvalue weighted by molar-refractivity contribution is -0.137. The zero-order valence-corrected chi connectivity index (χ0v) is 19.9. The molecule has 0 fully saturated rings. The van der Waals surface area contributed by atoms with Crippen LogP contribution in [0.25, 0.3) is 0 Å². The van der Waals surface area contributed by atoms with Crippen LogP contribution in [0.3, 0.4) is 0 Å². The number of alkyl halides is 3. The third kappa shape index (κ3) is 7.10. The predicted octanol–water partition coefficient (Wildman–Crippen LogP) is 5.91. The van der Waals surface area contributed by atoms with Gasteiger partial charge in [-0.25, -0.2) is 4.98 Å². The fourth-order valence-electron chi connectivity index (χ4n) is 3.22. The van der Waals surface area contributed by atoms with Crippen molar-refractivity contribution in [1.82, 2.24) is 14.5 Å². The summed E-state index contributed by atoms with van der Waals surface area (Å²) in [6, 6.07) is 11.3. The topological polar surface area (TPSA) is 36.3 Å². The molecule has 3 rings (SSSR count). The van der Waals surface area contributed by atoms with Crippen molar-refractivity contribution < 1.29 is 13.2 Å². The fraction of sp³-hybridized carbons (Fsp3) is 0.304. The number of nitrogens with zero attached hydrogens (tertiary/aromatic N) is 4. The van der Waals surface area contributed by atoms with E-state index in [1.54, 1.807) is 12.5 Å². The number of aromatic nitrogens is 2. The zero-order chi connectivity index (χ0) is 24.0.